The Labute approximate surface area is 82.3 Å². The first-order valence-electron chi connectivity index (χ1n) is 4.60. The molecule has 0 saturated heterocycles. The molecule has 0 saturated carbocycles. The topological polar surface area (TPSA) is 46.3 Å². The van der Waals surface area contributed by atoms with Crippen molar-refractivity contribution in [3.63, 3.8) is 0 Å². The molecule has 0 atom stereocenters. The van der Waals surface area contributed by atoms with E-state index in [0.29, 0.717) is 0 Å². The van der Waals surface area contributed by atoms with Gasteiger partial charge in [-0.05, 0) is 11.6 Å². The monoisotopic (exact) mass is 191 g/mol. The summed E-state index contributed by atoms with van der Waals surface area (Å²) in [6.45, 7) is 4.10. The van der Waals surface area contributed by atoms with Crippen molar-refractivity contribution in [2.45, 2.75) is 19.3 Å². The van der Waals surface area contributed by atoms with Gasteiger partial charge in [0, 0.05) is 10.8 Å². The number of fused-ring (bicyclic) bond motifs is 1. The van der Waals surface area contributed by atoms with Crippen LogP contribution in [0.3, 0.4) is 0 Å². The minimum atomic E-state index is -0.259. The van der Waals surface area contributed by atoms with Crippen LogP contribution in [0.1, 0.15) is 19.4 Å². The average molecular weight is 191 g/mol. The number of hydrogen-bond acceptors (Lipinski definition) is 3. The Kier molecular flexibility index (Phi) is 2.04. The van der Waals surface area contributed by atoms with Crippen LogP contribution < -0.4 is 0 Å². The van der Waals surface area contributed by atoms with Crippen LogP contribution in [-0.4, -0.2) is 16.9 Å². The van der Waals surface area contributed by atoms with Crippen LogP contribution in [0, 0.1) is 0 Å². The van der Waals surface area contributed by atoms with Gasteiger partial charge < -0.3 is 9.63 Å². The number of rotatable bonds is 2. The largest absolute Gasteiger partial charge is 0.395 e. The molecule has 0 radical (unpaired) electrons. The van der Waals surface area contributed by atoms with Crippen LogP contribution in [-0.2, 0) is 5.41 Å². The molecule has 74 valence electrons. The van der Waals surface area contributed by atoms with Crippen molar-refractivity contribution in [2.75, 3.05) is 6.61 Å². The van der Waals surface area contributed by atoms with Gasteiger partial charge in [0.05, 0.1) is 12.8 Å². The van der Waals surface area contributed by atoms with E-state index in [1.807, 2.05) is 32.0 Å². The molecule has 0 bridgehead atoms. The van der Waals surface area contributed by atoms with E-state index in [0.717, 1.165) is 16.5 Å². The summed E-state index contributed by atoms with van der Waals surface area (Å²) >= 11 is 0. The van der Waals surface area contributed by atoms with Gasteiger partial charge in [-0.1, -0.05) is 31.1 Å². The highest BCUT2D eigenvalue weighted by atomic mass is 16.5. The molecule has 2 aromatic rings. The fraction of sp³-hybridized carbons (Fsp3) is 0.364. The smallest absolute Gasteiger partial charge is 0.167 e. The van der Waals surface area contributed by atoms with E-state index in [1.165, 1.54) is 0 Å². The lowest BCUT2D eigenvalue weighted by atomic mass is 9.84. The van der Waals surface area contributed by atoms with Gasteiger partial charge in [0.1, 0.15) is 0 Å². The fourth-order valence-electron chi connectivity index (χ4n) is 1.57. The van der Waals surface area contributed by atoms with Crippen LogP contribution >= 0.6 is 0 Å². The third kappa shape index (κ3) is 1.30. The third-order valence-corrected chi connectivity index (χ3v) is 2.52. The van der Waals surface area contributed by atoms with Gasteiger partial charge in [-0.25, -0.2) is 0 Å². The van der Waals surface area contributed by atoms with Gasteiger partial charge in [-0.2, -0.15) is 0 Å². The molecule has 0 unspecified atom stereocenters. The number of hydrogen-bond donors (Lipinski definition) is 1. The Morgan fingerprint density at radius 3 is 2.93 bits per heavy atom. The fourth-order valence-corrected chi connectivity index (χ4v) is 1.57. The summed E-state index contributed by atoms with van der Waals surface area (Å²) in [6, 6.07) is 5.79. The lowest BCUT2D eigenvalue weighted by Crippen LogP contribution is -2.22. The second kappa shape index (κ2) is 3.10. The zero-order valence-corrected chi connectivity index (χ0v) is 8.32. The zero-order chi connectivity index (χ0) is 10.2. The predicted octanol–water partition coefficient (Wildman–Crippen LogP) is 2.10. The van der Waals surface area contributed by atoms with E-state index < -0.39 is 0 Å². The molecule has 3 nitrogen and oxygen atoms in total. The van der Waals surface area contributed by atoms with Crippen molar-refractivity contribution >= 4 is 11.0 Å². The highest BCUT2D eigenvalue weighted by molar-refractivity contribution is 5.80. The quantitative estimate of drug-likeness (QED) is 0.790. The average Bonchev–Trinajstić information content (AvgIpc) is 2.64. The second-order valence-corrected chi connectivity index (χ2v) is 4.09. The molecule has 1 aromatic carbocycles. The van der Waals surface area contributed by atoms with Gasteiger partial charge in [0.25, 0.3) is 0 Å². The first-order chi connectivity index (χ1) is 6.65. The first kappa shape index (κ1) is 9.21. The molecule has 0 aliphatic carbocycles. The summed E-state index contributed by atoms with van der Waals surface area (Å²) in [4.78, 5) is 0. The minimum Gasteiger partial charge on any atom is -0.395 e. The van der Waals surface area contributed by atoms with Crippen LogP contribution in [0.4, 0.5) is 0 Å². The molecule has 1 heterocycles. The Morgan fingerprint density at radius 2 is 2.21 bits per heavy atom. The van der Waals surface area contributed by atoms with Gasteiger partial charge in [-0.15, -0.1) is 0 Å². The lowest BCUT2D eigenvalue weighted by molar-refractivity contribution is 0.219. The van der Waals surface area contributed by atoms with Crippen molar-refractivity contribution in [1.82, 2.24) is 5.16 Å². The summed E-state index contributed by atoms with van der Waals surface area (Å²) in [6.07, 6.45) is 1.70. The van der Waals surface area contributed by atoms with Crippen molar-refractivity contribution in [3.05, 3.63) is 30.0 Å². The lowest BCUT2D eigenvalue weighted by Gasteiger charge is -2.22. The maximum atomic E-state index is 9.29. The van der Waals surface area contributed by atoms with Crippen molar-refractivity contribution < 1.29 is 9.63 Å². The number of aromatic nitrogens is 1. The van der Waals surface area contributed by atoms with Gasteiger partial charge in [-0.3, -0.25) is 0 Å². The van der Waals surface area contributed by atoms with Gasteiger partial charge in [0.2, 0.25) is 0 Å². The summed E-state index contributed by atoms with van der Waals surface area (Å²) < 4.78 is 5.07. The van der Waals surface area contributed by atoms with Crippen LogP contribution in [0.25, 0.3) is 11.0 Å². The summed E-state index contributed by atoms with van der Waals surface area (Å²) in [5.74, 6) is 0. The highest BCUT2D eigenvalue weighted by Gasteiger charge is 2.22. The maximum absolute atomic E-state index is 9.29. The third-order valence-electron chi connectivity index (χ3n) is 2.52. The Bertz CT molecular complexity index is 445. The van der Waals surface area contributed by atoms with Crippen LogP contribution in [0.2, 0.25) is 0 Å². The first-order valence-corrected chi connectivity index (χ1v) is 4.60. The molecule has 0 aliphatic heterocycles. The van der Waals surface area contributed by atoms with E-state index >= 15 is 0 Å². The zero-order valence-electron chi connectivity index (χ0n) is 8.32. The van der Waals surface area contributed by atoms with Gasteiger partial charge in [0.15, 0.2) is 5.58 Å². The Hall–Kier alpha value is -1.35. The molecule has 0 amide bonds. The highest BCUT2D eigenvalue weighted by Crippen LogP contribution is 2.29. The Balaban J connectivity index is 2.67. The SMILES string of the molecule is CC(C)(CO)c1cccc2oncc12. The van der Waals surface area contributed by atoms with E-state index in [1.54, 1.807) is 6.20 Å². The number of benzene rings is 1. The minimum absolute atomic E-state index is 0.108. The van der Waals surface area contributed by atoms with Crippen LogP contribution in [0.15, 0.2) is 28.9 Å². The normalized spacial score (nSPS) is 12.2. The standard InChI is InChI=1S/C11H13NO2/c1-11(2,7-13)9-4-3-5-10-8(9)6-12-14-10/h3-6,13H,7H2,1-2H3. The second-order valence-electron chi connectivity index (χ2n) is 4.09. The van der Waals surface area contributed by atoms with E-state index in [-0.39, 0.29) is 12.0 Å². The molecule has 14 heavy (non-hydrogen) atoms. The molecule has 1 aromatic heterocycles. The molecule has 1 N–H and O–H groups in total. The predicted molar refractivity (Wildman–Crippen MR) is 54.1 cm³/mol. The van der Waals surface area contributed by atoms with E-state index in [4.69, 9.17) is 4.52 Å². The number of aliphatic hydroxyl groups excluding tert-OH is 1. The number of nitrogens with zero attached hydrogens (tertiary/aromatic N) is 1. The molecule has 0 fully saturated rings. The van der Waals surface area contributed by atoms with Crippen LogP contribution in [0.5, 0.6) is 0 Å². The summed E-state index contributed by atoms with van der Waals surface area (Å²) in [5, 5.41) is 14.0. The summed E-state index contributed by atoms with van der Waals surface area (Å²) in [5.41, 5.74) is 1.58. The maximum Gasteiger partial charge on any atom is 0.167 e. The molecule has 0 spiro atoms. The van der Waals surface area contributed by atoms with Crippen molar-refractivity contribution in [3.8, 4) is 0 Å². The van der Waals surface area contributed by atoms with E-state index in [2.05, 4.69) is 5.16 Å². The summed E-state index contributed by atoms with van der Waals surface area (Å²) in [7, 11) is 0. The number of aliphatic hydroxyl groups is 1. The molecular formula is C11H13NO2. The van der Waals surface area contributed by atoms with Crippen molar-refractivity contribution in [2.24, 2.45) is 0 Å². The molecule has 2 rings (SSSR count). The molecule has 0 aliphatic rings. The van der Waals surface area contributed by atoms with E-state index in [9.17, 15) is 5.11 Å². The van der Waals surface area contributed by atoms with Gasteiger partial charge >= 0.3 is 0 Å². The Morgan fingerprint density at radius 1 is 1.43 bits per heavy atom. The molecule has 3 heteroatoms. The van der Waals surface area contributed by atoms with Crippen molar-refractivity contribution in [1.29, 1.82) is 0 Å². The molecular weight excluding hydrogens is 178 g/mol.